The molecular formula is BCrFe2NiSi. The third-order valence-corrected chi connectivity index (χ3v) is 0. The minimum Gasteiger partial charge on any atom is 0 e. The third kappa shape index (κ3) is 32.9. The average molecular weight is 261 g/mol. The number of hydrogen-bond acceptors (Lipinski definition) is 0. The van der Waals surface area contributed by atoms with Crippen molar-refractivity contribution in [2.45, 2.75) is 0 Å². The topological polar surface area (TPSA) is 0 Å². The molecular weight excluding hydrogens is 261 g/mol. The predicted octanol–water partition coefficient (Wildman–Crippen LogP) is -0.772. The Kier molecular flexibility index (Phi) is 733. The molecule has 0 N–H and O–H groups in total. The maximum atomic E-state index is 0. The summed E-state index contributed by atoms with van der Waals surface area (Å²) in [6.45, 7) is 0. The van der Waals surface area contributed by atoms with Gasteiger partial charge >= 0.3 is 0 Å². The first-order chi connectivity index (χ1) is 0. The smallest absolute Gasteiger partial charge is 0 e. The minimum atomic E-state index is 0. The summed E-state index contributed by atoms with van der Waals surface area (Å²) in [7, 11) is 0. The normalized spacial score (nSPS) is 0. The Labute approximate surface area is 86.6 Å². The first kappa shape index (κ1) is 81.8. The molecule has 0 saturated carbocycles. The van der Waals surface area contributed by atoms with E-state index in [0.29, 0.717) is 0 Å². The second-order valence-corrected chi connectivity index (χ2v) is 0. The molecule has 6 heteroatoms. The Morgan fingerprint density at radius 3 is 0.833 bits per heavy atom. The predicted molar refractivity (Wildman–Crippen MR) is 11.5 cm³/mol. The van der Waals surface area contributed by atoms with Crippen LogP contribution in [0.2, 0.25) is 0 Å². The van der Waals surface area contributed by atoms with Crippen molar-refractivity contribution in [2.24, 2.45) is 0 Å². The molecule has 0 fully saturated rings. The fourth-order valence-electron chi connectivity index (χ4n) is 0. The second kappa shape index (κ2) is 53.7. The summed E-state index contributed by atoms with van der Waals surface area (Å²) in [6.07, 6.45) is 0. The van der Waals surface area contributed by atoms with Crippen LogP contribution in [0.25, 0.3) is 0 Å². The molecule has 0 aromatic heterocycles. The monoisotopic (exact) mass is 261 g/mol. The van der Waals surface area contributed by atoms with Gasteiger partial charge in [0.1, 0.15) is 0 Å². The molecule has 0 saturated heterocycles. The Morgan fingerprint density at radius 2 is 0.833 bits per heavy atom. The Bertz CT molecular complexity index is 13.5. The van der Waals surface area contributed by atoms with E-state index in [-0.39, 0.29) is 87.4 Å². The Morgan fingerprint density at radius 1 is 0.833 bits per heavy atom. The maximum absolute atomic E-state index is 0. The van der Waals surface area contributed by atoms with E-state index in [1.165, 1.54) is 0 Å². The fourth-order valence-corrected chi connectivity index (χ4v) is 0. The van der Waals surface area contributed by atoms with Crippen molar-refractivity contribution < 1.29 is 68.0 Å². The molecule has 0 heterocycles. The van der Waals surface area contributed by atoms with E-state index in [2.05, 4.69) is 0 Å². The Hall–Kier alpha value is 2.35. The van der Waals surface area contributed by atoms with E-state index >= 15 is 0 Å². The van der Waals surface area contributed by atoms with Crippen molar-refractivity contribution in [1.29, 1.82) is 0 Å². The van der Waals surface area contributed by atoms with Crippen molar-refractivity contribution in [3.63, 3.8) is 0 Å². The second-order valence-electron chi connectivity index (χ2n) is 0. The molecule has 0 bridgehead atoms. The van der Waals surface area contributed by atoms with Gasteiger partial charge in [-0.05, 0) is 0 Å². The molecule has 0 nitrogen and oxygen atoms in total. The molecule has 39 valence electrons. The molecule has 0 aromatic carbocycles. The van der Waals surface area contributed by atoms with Gasteiger partial charge < -0.3 is 0 Å². The summed E-state index contributed by atoms with van der Waals surface area (Å²) in [5, 5.41) is 0. The standard InChI is InChI=1S/B.Cr.2Fe.Ni.Si. The summed E-state index contributed by atoms with van der Waals surface area (Å²) >= 11 is 0. The van der Waals surface area contributed by atoms with Gasteiger partial charge in [0.2, 0.25) is 0 Å². The molecule has 0 atom stereocenters. The van der Waals surface area contributed by atoms with Gasteiger partial charge in [0.15, 0.2) is 0 Å². The van der Waals surface area contributed by atoms with Crippen LogP contribution in [-0.4, -0.2) is 19.4 Å². The first-order valence-electron chi connectivity index (χ1n) is 0. The molecule has 0 amide bonds. The average Bonchev–Trinajstić information content (AvgIpc) is 0. The first-order valence-corrected chi connectivity index (χ1v) is 0. The molecule has 0 aromatic rings. The van der Waals surface area contributed by atoms with Crippen LogP contribution in [0, 0.1) is 0 Å². The zero-order valence-electron chi connectivity index (χ0n) is 2.51. The summed E-state index contributed by atoms with van der Waals surface area (Å²) in [5.74, 6) is 0. The van der Waals surface area contributed by atoms with Gasteiger partial charge in [-0.2, -0.15) is 0 Å². The van der Waals surface area contributed by atoms with Gasteiger partial charge in [0.25, 0.3) is 0 Å². The summed E-state index contributed by atoms with van der Waals surface area (Å²) in [5.41, 5.74) is 0. The number of rotatable bonds is 0. The van der Waals surface area contributed by atoms with E-state index in [9.17, 15) is 0 Å². The molecule has 7 radical (unpaired) electrons. The van der Waals surface area contributed by atoms with Crippen LogP contribution in [0.4, 0.5) is 0 Å². The van der Waals surface area contributed by atoms with E-state index in [0.717, 1.165) is 0 Å². The van der Waals surface area contributed by atoms with Gasteiger partial charge in [0, 0.05) is 87.4 Å². The van der Waals surface area contributed by atoms with Crippen molar-refractivity contribution >= 4 is 19.4 Å². The quantitative estimate of drug-likeness (QED) is 0.502. The molecule has 0 unspecified atom stereocenters. The van der Waals surface area contributed by atoms with E-state index in [1.807, 2.05) is 0 Å². The maximum Gasteiger partial charge on any atom is 0 e. The van der Waals surface area contributed by atoms with Gasteiger partial charge in [-0.1, -0.05) is 0 Å². The summed E-state index contributed by atoms with van der Waals surface area (Å²) < 4.78 is 0. The molecule has 0 spiro atoms. The largest absolute Gasteiger partial charge is 0 e. The van der Waals surface area contributed by atoms with Crippen molar-refractivity contribution in [3.8, 4) is 0 Å². The van der Waals surface area contributed by atoms with Crippen LogP contribution in [-0.2, 0) is 68.0 Å². The van der Waals surface area contributed by atoms with Crippen molar-refractivity contribution in [3.05, 3.63) is 0 Å². The van der Waals surface area contributed by atoms with Crippen LogP contribution in [0.15, 0.2) is 0 Å². The van der Waals surface area contributed by atoms with Gasteiger partial charge in [-0.3, -0.25) is 0 Å². The molecule has 0 aliphatic heterocycles. The van der Waals surface area contributed by atoms with E-state index in [4.69, 9.17) is 0 Å². The summed E-state index contributed by atoms with van der Waals surface area (Å²) in [4.78, 5) is 0. The van der Waals surface area contributed by atoms with Gasteiger partial charge in [-0.25, -0.2) is 0 Å². The van der Waals surface area contributed by atoms with Gasteiger partial charge in [-0.15, -0.1) is 0 Å². The summed E-state index contributed by atoms with van der Waals surface area (Å²) in [6, 6.07) is 0. The fraction of sp³-hybridized carbons (Fsp3) is 0. The van der Waals surface area contributed by atoms with E-state index < -0.39 is 0 Å². The zero-order valence-corrected chi connectivity index (χ0v) is 7.98. The Balaban J connectivity index is 0. The van der Waals surface area contributed by atoms with Crippen LogP contribution in [0.1, 0.15) is 0 Å². The van der Waals surface area contributed by atoms with E-state index in [1.54, 1.807) is 0 Å². The van der Waals surface area contributed by atoms with Crippen LogP contribution >= 0.6 is 0 Å². The minimum absolute atomic E-state index is 0. The zero-order chi connectivity index (χ0) is 0. The molecule has 6 heavy (non-hydrogen) atoms. The molecule has 0 aliphatic carbocycles. The van der Waals surface area contributed by atoms with Crippen molar-refractivity contribution in [1.82, 2.24) is 0 Å². The third-order valence-electron chi connectivity index (χ3n) is 0. The van der Waals surface area contributed by atoms with Crippen LogP contribution < -0.4 is 0 Å². The van der Waals surface area contributed by atoms with Crippen molar-refractivity contribution in [2.75, 3.05) is 0 Å². The number of hydrogen-bond donors (Lipinski definition) is 0. The van der Waals surface area contributed by atoms with Gasteiger partial charge in [0.05, 0.1) is 0 Å². The molecule has 0 aliphatic rings. The SMILES string of the molecule is [B].[Cr].[Fe].[Fe].[Ni].[Si]. The molecule has 0 rings (SSSR count). The van der Waals surface area contributed by atoms with Crippen LogP contribution in [0.3, 0.4) is 0 Å². The van der Waals surface area contributed by atoms with Crippen LogP contribution in [0.5, 0.6) is 0 Å².